The Morgan fingerprint density at radius 3 is 2.50 bits per heavy atom. The quantitative estimate of drug-likeness (QED) is 0.418. The van der Waals surface area contributed by atoms with Gasteiger partial charge in [-0.05, 0) is 24.3 Å². The number of benzene rings is 1. The van der Waals surface area contributed by atoms with Gasteiger partial charge in [0.25, 0.3) is 0 Å². The summed E-state index contributed by atoms with van der Waals surface area (Å²) in [6.45, 7) is 3.50. The van der Waals surface area contributed by atoms with Crippen LogP contribution >= 0.6 is 0 Å². The van der Waals surface area contributed by atoms with Gasteiger partial charge in [0.1, 0.15) is 0 Å². The van der Waals surface area contributed by atoms with Crippen LogP contribution in [0.2, 0.25) is 0 Å². The molecule has 0 radical (unpaired) electrons. The normalized spacial score (nSPS) is 9.33. The zero-order valence-corrected chi connectivity index (χ0v) is 6.79. The Morgan fingerprint density at radius 2 is 2.00 bits per heavy atom. The zero-order valence-electron chi connectivity index (χ0n) is 6.79. The summed E-state index contributed by atoms with van der Waals surface area (Å²) in [5, 5.41) is 0. The maximum Gasteiger partial charge on any atom is 0.166 e. The molecule has 0 bridgehead atoms. The molecule has 1 aromatic carbocycles. The van der Waals surface area contributed by atoms with E-state index in [-0.39, 0.29) is 5.78 Å². The van der Waals surface area contributed by atoms with E-state index < -0.39 is 0 Å². The first-order valence-corrected chi connectivity index (χ1v) is 3.73. The molecule has 0 aliphatic heterocycles. The van der Waals surface area contributed by atoms with Crippen LogP contribution in [0.1, 0.15) is 16.8 Å². The maximum absolute atomic E-state index is 11.2. The third kappa shape index (κ3) is 1.95. The standard InChI is InChI=1S/C10H11NO/c1-2-3-10(12)8-4-6-9(11)7-5-8/h2,4-7H,1,3,11H2. The van der Waals surface area contributed by atoms with Crippen LogP contribution in [0.15, 0.2) is 36.9 Å². The third-order valence-electron chi connectivity index (χ3n) is 1.56. The van der Waals surface area contributed by atoms with Crippen molar-refractivity contribution in [2.24, 2.45) is 0 Å². The molecule has 0 saturated carbocycles. The second-order valence-electron chi connectivity index (χ2n) is 2.54. The van der Waals surface area contributed by atoms with Crippen molar-refractivity contribution >= 4 is 11.5 Å². The summed E-state index contributed by atoms with van der Waals surface area (Å²) in [5.41, 5.74) is 6.83. The van der Waals surface area contributed by atoms with Gasteiger partial charge in [-0.2, -0.15) is 0 Å². The highest BCUT2D eigenvalue weighted by molar-refractivity contribution is 5.97. The number of carbonyl (C=O) groups is 1. The molecule has 1 aromatic rings. The molecule has 2 nitrogen and oxygen atoms in total. The number of hydrogen-bond donors (Lipinski definition) is 1. The van der Waals surface area contributed by atoms with Gasteiger partial charge in [0.2, 0.25) is 0 Å². The van der Waals surface area contributed by atoms with Gasteiger partial charge >= 0.3 is 0 Å². The molecule has 0 aliphatic carbocycles. The van der Waals surface area contributed by atoms with Crippen LogP contribution < -0.4 is 5.73 Å². The summed E-state index contributed by atoms with van der Waals surface area (Å²) in [5.74, 6) is 0.0741. The number of nitrogens with two attached hydrogens (primary N) is 1. The molecular weight excluding hydrogens is 150 g/mol. The Labute approximate surface area is 71.7 Å². The summed E-state index contributed by atoms with van der Waals surface area (Å²) < 4.78 is 0. The maximum atomic E-state index is 11.2. The van der Waals surface area contributed by atoms with Crippen molar-refractivity contribution in [2.75, 3.05) is 5.73 Å². The largest absolute Gasteiger partial charge is 0.399 e. The van der Waals surface area contributed by atoms with Crippen molar-refractivity contribution in [2.45, 2.75) is 6.42 Å². The molecule has 0 fully saturated rings. The van der Waals surface area contributed by atoms with Gasteiger partial charge in [-0.15, -0.1) is 6.58 Å². The number of anilines is 1. The van der Waals surface area contributed by atoms with Gasteiger partial charge in [-0.25, -0.2) is 0 Å². The number of ketones is 1. The predicted molar refractivity (Wildman–Crippen MR) is 50.0 cm³/mol. The van der Waals surface area contributed by atoms with Crippen LogP contribution in [0.3, 0.4) is 0 Å². The smallest absolute Gasteiger partial charge is 0.166 e. The molecule has 0 aliphatic rings. The van der Waals surface area contributed by atoms with E-state index in [0.29, 0.717) is 17.7 Å². The van der Waals surface area contributed by atoms with Crippen molar-refractivity contribution < 1.29 is 4.79 Å². The van der Waals surface area contributed by atoms with E-state index in [9.17, 15) is 4.79 Å². The predicted octanol–water partition coefficient (Wildman–Crippen LogP) is 2.03. The summed E-state index contributed by atoms with van der Waals surface area (Å²) in [6, 6.07) is 6.88. The SMILES string of the molecule is C=CCC(=O)c1ccc(N)cc1. The van der Waals surface area contributed by atoms with Gasteiger partial charge in [0.05, 0.1) is 0 Å². The van der Waals surface area contributed by atoms with Gasteiger partial charge in [-0.3, -0.25) is 4.79 Å². The number of nitrogen functional groups attached to an aromatic ring is 1. The highest BCUT2D eigenvalue weighted by Gasteiger charge is 2.01. The lowest BCUT2D eigenvalue weighted by molar-refractivity contribution is 0.0996. The minimum absolute atomic E-state index is 0.0741. The van der Waals surface area contributed by atoms with E-state index in [0.717, 1.165) is 0 Å². The zero-order chi connectivity index (χ0) is 8.97. The lowest BCUT2D eigenvalue weighted by Gasteiger charge is -1.97. The summed E-state index contributed by atoms with van der Waals surface area (Å²) in [6.07, 6.45) is 1.97. The minimum atomic E-state index is 0.0741. The molecule has 0 saturated heterocycles. The molecule has 0 unspecified atom stereocenters. The molecule has 0 atom stereocenters. The molecule has 12 heavy (non-hydrogen) atoms. The van der Waals surface area contributed by atoms with E-state index in [1.165, 1.54) is 0 Å². The fourth-order valence-corrected chi connectivity index (χ4v) is 0.918. The van der Waals surface area contributed by atoms with Gasteiger partial charge in [-0.1, -0.05) is 6.08 Å². The molecular formula is C10H11NO. The fourth-order valence-electron chi connectivity index (χ4n) is 0.918. The van der Waals surface area contributed by atoms with Crippen LogP contribution in [0.5, 0.6) is 0 Å². The van der Waals surface area contributed by atoms with E-state index in [1.54, 1.807) is 30.3 Å². The summed E-state index contributed by atoms with van der Waals surface area (Å²) >= 11 is 0. The molecule has 62 valence electrons. The second-order valence-corrected chi connectivity index (χ2v) is 2.54. The number of allylic oxidation sites excluding steroid dienone is 1. The monoisotopic (exact) mass is 161 g/mol. The summed E-state index contributed by atoms with van der Waals surface area (Å²) in [4.78, 5) is 11.2. The van der Waals surface area contributed by atoms with E-state index in [2.05, 4.69) is 6.58 Å². The molecule has 0 spiro atoms. The molecule has 2 N–H and O–H groups in total. The first kappa shape index (κ1) is 8.53. The van der Waals surface area contributed by atoms with Gasteiger partial charge in [0.15, 0.2) is 5.78 Å². The Morgan fingerprint density at radius 1 is 1.42 bits per heavy atom. The van der Waals surface area contributed by atoms with E-state index in [1.807, 2.05) is 0 Å². The highest BCUT2D eigenvalue weighted by atomic mass is 16.1. The molecule has 0 aromatic heterocycles. The van der Waals surface area contributed by atoms with Gasteiger partial charge < -0.3 is 5.73 Å². The Kier molecular flexibility index (Phi) is 2.64. The average Bonchev–Trinajstić information content (AvgIpc) is 2.06. The Hall–Kier alpha value is -1.57. The highest BCUT2D eigenvalue weighted by Crippen LogP contribution is 2.07. The number of rotatable bonds is 3. The van der Waals surface area contributed by atoms with Crippen LogP contribution in [-0.2, 0) is 0 Å². The fraction of sp³-hybridized carbons (Fsp3) is 0.100. The van der Waals surface area contributed by atoms with Crippen molar-refractivity contribution in [1.82, 2.24) is 0 Å². The average molecular weight is 161 g/mol. The van der Waals surface area contributed by atoms with Crippen molar-refractivity contribution in [1.29, 1.82) is 0 Å². The molecule has 2 heteroatoms. The lowest BCUT2D eigenvalue weighted by Crippen LogP contribution is -1.96. The molecule has 0 amide bonds. The van der Waals surface area contributed by atoms with Crippen LogP contribution in [-0.4, -0.2) is 5.78 Å². The minimum Gasteiger partial charge on any atom is -0.399 e. The Bertz CT molecular complexity index is 287. The second kappa shape index (κ2) is 3.72. The molecule has 1 rings (SSSR count). The van der Waals surface area contributed by atoms with E-state index >= 15 is 0 Å². The summed E-state index contributed by atoms with van der Waals surface area (Å²) in [7, 11) is 0. The van der Waals surface area contributed by atoms with Crippen LogP contribution in [0.4, 0.5) is 5.69 Å². The third-order valence-corrected chi connectivity index (χ3v) is 1.56. The number of Topliss-reactive ketones (excluding diaryl/α,β-unsaturated/α-hetero) is 1. The van der Waals surface area contributed by atoms with Gasteiger partial charge in [0, 0.05) is 17.7 Å². The first-order chi connectivity index (χ1) is 5.74. The molecule has 0 heterocycles. The Balaban J connectivity index is 2.82. The number of carbonyl (C=O) groups excluding carboxylic acids is 1. The number of hydrogen-bond acceptors (Lipinski definition) is 2. The van der Waals surface area contributed by atoms with Crippen molar-refractivity contribution in [3.63, 3.8) is 0 Å². The van der Waals surface area contributed by atoms with Crippen molar-refractivity contribution in [3.8, 4) is 0 Å². The van der Waals surface area contributed by atoms with Crippen LogP contribution in [0.25, 0.3) is 0 Å². The van der Waals surface area contributed by atoms with Crippen LogP contribution in [0, 0.1) is 0 Å². The van der Waals surface area contributed by atoms with Crippen molar-refractivity contribution in [3.05, 3.63) is 42.5 Å². The first-order valence-electron chi connectivity index (χ1n) is 3.73. The topological polar surface area (TPSA) is 43.1 Å². The van der Waals surface area contributed by atoms with E-state index in [4.69, 9.17) is 5.73 Å². The lowest BCUT2D eigenvalue weighted by atomic mass is 10.1.